The highest BCUT2D eigenvalue weighted by Gasteiger charge is 2.17. The second kappa shape index (κ2) is 8.20. The van der Waals surface area contributed by atoms with Gasteiger partial charge in [0.25, 0.3) is 0 Å². The zero-order valence-corrected chi connectivity index (χ0v) is 13.7. The molecule has 2 fully saturated rings. The highest BCUT2D eigenvalue weighted by Crippen LogP contribution is 2.27. The second-order valence-corrected chi connectivity index (χ2v) is 6.39. The van der Waals surface area contributed by atoms with E-state index < -0.39 is 0 Å². The van der Waals surface area contributed by atoms with Crippen LogP contribution in [0.2, 0.25) is 0 Å². The van der Waals surface area contributed by atoms with Gasteiger partial charge in [0.15, 0.2) is 0 Å². The van der Waals surface area contributed by atoms with Gasteiger partial charge in [0, 0.05) is 26.2 Å². The van der Waals surface area contributed by atoms with Crippen molar-refractivity contribution in [2.45, 2.75) is 44.6 Å². The third kappa shape index (κ3) is 4.61. The maximum Gasteiger partial charge on any atom is 0.319 e. The number of para-hydroxylation sites is 2. The zero-order chi connectivity index (χ0) is 15.9. The molecule has 0 bridgehead atoms. The molecule has 1 aromatic rings. The molecule has 0 spiro atoms. The molecule has 2 aliphatic heterocycles. The molecule has 2 aliphatic rings. The molecular weight excluding hydrogens is 290 g/mol. The quantitative estimate of drug-likeness (QED) is 0.895. The molecule has 1 atom stereocenters. The minimum Gasteiger partial charge on any atom is -0.376 e. The number of benzene rings is 1. The summed E-state index contributed by atoms with van der Waals surface area (Å²) >= 11 is 0. The fourth-order valence-corrected chi connectivity index (χ4v) is 3.35. The predicted molar refractivity (Wildman–Crippen MR) is 93.1 cm³/mol. The van der Waals surface area contributed by atoms with Crippen LogP contribution in [0.5, 0.6) is 0 Å². The average Bonchev–Trinajstić information content (AvgIpc) is 2.95. The molecule has 0 aromatic heterocycles. The Morgan fingerprint density at radius 3 is 2.65 bits per heavy atom. The van der Waals surface area contributed by atoms with E-state index in [1.165, 1.54) is 25.7 Å². The number of urea groups is 1. The van der Waals surface area contributed by atoms with Crippen LogP contribution in [0.4, 0.5) is 16.2 Å². The number of hydrogen-bond acceptors (Lipinski definition) is 3. The minimum absolute atomic E-state index is 0.150. The molecule has 0 saturated carbocycles. The number of nitrogens with one attached hydrogen (secondary N) is 2. The third-order valence-electron chi connectivity index (χ3n) is 4.61. The molecule has 0 aliphatic carbocycles. The Balaban J connectivity index is 1.59. The number of hydrogen-bond donors (Lipinski definition) is 2. The average molecular weight is 317 g/mol. The Morgan fingerprint density at radius 2 is 1.91 bits per heavy atom. The van der Waals surface area contributed by atoms with Crippen molar-refractivity contribution in [1.82, 2.24) is 5.32 Å². The van der Waals surface area contributed by atoms with Crippen LogP contribution >= 0.6 is 0 Å². The number of carbonyl (C=O) groups excluding carboxylic acids is 1. The van der Waals surface area contributed by atoms with Crippen LogP contribution in [0, 0.1) is 0 Å². The van der Waals surface area contributed by atoms with E-state index in [1.807, 2.05) is 18.2 Å². The van der Waals surface area contributed by atoms with Crippen molar-refractivity contribution in [2.24, 2.45) is 0 Å². The Morgan fingerprint density at radius 1 is 1.13 bits per heavy atom. The first kappa shape index (κ1) is 16.1. The van der Waals surface area contributed by atoms with E-state index >= 15 is 0 Å². The van der Waals surface area contributed by atoms with Gasteiger partial charge in [0.1, 0.15) is 0 Å². The van der Waals surface area contributed by atoms with Crippen LogP contribution in [0.15, 0.2) is 24.3 Å². The SMILES string of the molecule is O=C(NCC1CCCO1)Nc1ccccc1N1CCCCCC1. The summed E-state index contributed by atoms with van der Waals surface area (Å²) in [6.45, 7) is 3.52. The maximum atomic E-state index is 12.2. The van der Waals surface area contributed by atoms with Gasteiger partial charge in [-0.05, 0) is 37.8 Å². The van der Waals surface area contributed by atoms with Crippen molar-refractivity contribution in [1.29, 1.82) is 0 Å². The van der Waals surface area contributed by atoms with Gasteiger partial charge in [0.2, 0.25) is 0 Å². The Hall–Kier alpha value is -1.75. The third-order valence-corrected chi connectivity index (χ3v) is 4.61. The summed E-state index contributed by atoms with van der Waals surface area (Å²) in [4.78, 5) is 14.6. The van der Waals surface area contributed by atoms with Crippen molar-refractivity contribution in [2.75, 3.05) is 36.5 Å². The lowest BCUT2D eigenvalue weighted by molar-refractivity contribution is 0.112. The molecule has 2 saturated heterocycles. The first-order valence-corrected chi connectivity index (χ1v) is 8.83. The molecule has 2 heterocycles. The lowest BCUT2D eigenvalue weighted by atomic mass is 10.2. The summed E-state index contributed by atoms with van der Waals surface area (Å²) < 4.78 is 5.54. The van der Waals surface area contributed by atoms with Crippen molar-refractivity contribution in [3.63, 3.8) is 0 Å². The fraction of sp³-hybridized carbons (Fsp3) is 0.611. The summed E-state index contributed by atoms with van der Waals surface area (Å²) in [5, 5.41) is 5.93. The van der Waals surface area contributed by atoms with Crippen molar-refractivity contribution < 1.29 is 9.53 Å². The smallest absolute Gasteiger partial charge is 0.319 e. The maximum absolute atomic E-state index is 12.2. The molecule has 2 amide bonds. The fourth-order valence-electron chi connectivity index (χ4n) is 3.35. The molecule has 1 unspecified atom stereocenters. The molecule has 0 radical (unpaired) electrons. The van der Waals surface area contributed by atoms with Crippen LogP contribution < -0.4 is 15.5 Å². The molecule has 126 valence electrons. The number of amides is 2. The number of anilines is 2. The van der Waals surface area contributed by atoms with E-state index in [2.05, 4.69) is 21.6 Å². The second-order valence-electron chi connectivity index (χ2n) is 6.39. The molecule has 23 heavy (non-hydrogen) atoms. The van der Waals surface area contributed by atoms with E-state index in [1.54, 1.807) is 0 Å². The minimum atomic E-state index is -0.150. The van der Waals surface area contributed by atoms with Gasteiger partial charge in [0.05, 0.1) is 17.5 Å². The number of carbonyl (C=O) groups is 1. The lowest BCUT2D eigenvalue weighted by Crippen LogP contribution is -2.35. The van der Waals surface area contributed by atoms with Crippen LogP contribution in [0.1, 0.15) is 38.5 Å². The highest BCUT2D eigenvalue weighted by atomic mass is 16.5. The summed E-state index contributed by atoms with van der Waals surface area (Å²) in [5.41, 5.74) is 2.01. The van der Waals surface area contributed by atoms with Crippen molar-refractivity contribution >= 4 is 17.4 Å². The van der Waals surface area contributed by atoms with Crippen LogP contribution in [0.3, 0.4) is 0 Å². The van der Waals surface area contributed by atoms with E-state index in [0.29, 0.717) is 6.54 Å². The highest BCUT2D eigenvalue weighted by molar-refractivity contribution is 5.93. The van der Waals surface area contributed by atoms with Gasteiger partial charge in [-0.3, -0.25) is 0 Å². The summed E-state index contributed by atoms with van der Waals surface area (Å²) in [6.07, 6.45) is 7.33. The summed E-state index contributed by atoms with van der Waals surface area (Å²) in [6, 6.07) is 7.93. The monoisotopic (exact) mass is 317 g/mol. The molecule has 5 heteroatoms. The first-order chi connectivity index (χ1) is 11.3. The number of rotatable bonds is 4. The van der Waals surface area contributed by atoms with Gasteiger partial charge in [-0.1, -0.05) is 25.0 Å². The van der Waals surface area contributed by atoms with E-state index in [0.717, 1.165) is 43.9 Å². The predicted octanol–water partition coefficient (Wildman–Crippen LogP) is 3.37. The van der Waals surface area contributed by atoms with Crippen molar-refractivity contribution in [3.8, 4) is 0 Å². The Bertz CT molecular complexity index is 507. The standard InChI is InChI=1S/C18H27N3O2/c22-18(19-14-15-8-7-13-23-15)20-16-9-3-4-10-17(16)21-11-5-1-2-6-12-21/h3-4,9-10,15H,1-2,5-8,11-14H2,(H2,19,20,22). The number of nitrogens with zero attached hydrogens (tertiary/aromatic N) is 1. The summed E-state index contributed by atoms with van der Waals surface area (Å²) in [5.74, 6) is 0. The van der Waals surface area contributed by atoms with Gasteiger partial charge < -0.3 is 20.3 Å². The van der Waals surface area contributed by atoms with Crippen LogP contribution in [0.25, 0.3) is 0 Å². The topological polar surface area (TPSA) is 53.6 Å². The summed E-state index contributed by atoms with van der Waals surface area (Å²) in [7, 11) is 0. The zero-order valence-electron chi connectivity index (χ0n) is 13.7. The van der Waals surface area contributed by atoms with E-state index in [9.17, 15) is 4.79 Å². The van der Waals surface area contributed by atoms with Crippen LogP contribution in [-0.2, 0) is 4.74 Å². The van der Waals surface area contributed by atoms with Crippen molar-refractivity contribution in [3.05, 3.63) is 24.3 Å². The van der Waals surface area contributed by atoms with E-state index in [-0.39, 0.29) is 12.1 Å². The van der Waals surface area contributed by atoms with E-state index in [4.69, 9.17) is 4.74 Å². The molecular formula is C18H27N3O2. The lowest BCUT2D eigenvalue weighted by Gasteiger charge is -2.25. The largest absolute Gasteiger partial charge is 0.376 e. The normalized spacial score (nSPS) is 21.7. The Labute approximate surface area is 138 Å². The molecule has 1 aromatic carbocycles. The van der Waals surface area contributed by atoms with Gasteiger partial charge in [-0.15, -0.1) is 0 Å². The number of ether oxygens (including phenoxy) is 1. The van der Waals surface area contributed by atoms with Gasteiger partial charge in [-0.25, -0.2) is 4.79 Å². The molecule has 5 nitrogen and oxygen atoms in total. The molecule has 2 N–H and O–H groups in total. The van der Waals surface area contributed by atoms with Gasteiger partial charge in [-0.2, -0.15) is 0 Å². The Kier molecular flexibility index (Phi) is 5.75. The first-order valence-electron chi connectivity index (χ1n) is 8.83. The molecule has 3 rings (SSSR count). The van der Waals surface area contributed by atoms with Crippen LogP contribution in [-0.4, -0.2) is 38.4 Å². The van der Waals surface area contributed by atoms with Gasteiger partial charge >= 0.3 is 6.03 Å².